The van der Waals surface area contributed by atoms with Gasteiger partial charge in [-0.05, 0) is 27.1 Å². The van der Waals surface area contributed by atoms with E-state index < -0.39 is 0 Å². The Kier molecular flexibility index (Phi) is 13.9. The van der Waals surface area contributed by atoms with Crippen LogP contribution in [0, 0.1) is 0 Å². The van der Waals surface area contributed by atoms with E-state index in [4.69, 9.17) is 14.2 Å². The average molecular weight is 369 g/mol. The first kappa shape index (κ1) is 23.9. The molecule has 0 amide bonds. The molecule has 0 aliphatic heterocycles. The summed E-state index contributed by atoms with van der Waals surface area (Å²) in [6, 6.07) is 0. The van der Waals surface area contributed by atoms with Crippen LogP contribution in [-0.2, 0) is 28.6 Å². The number of hydrogen-bond acceptors (Lipinski definition) is 7. The SMILES string of the molecule is CC(=O)OC/C=C\CC(C/C=C\COC(C)=O)OC(=O)CCCN(C)C. The first-order valence-electron chi connectivity index (χ1n) is 8.72. The fourth-order valence-corrected chi connectivity index (χ4v) is 1.94. The molecule has 0 aliphatic rings. The van der Waals surface area contributed by atoms with Gasteiger partial charge < -0.3 is 19.1 Å². The van der Waals surface area contributed by atoms with Gasteiger partial charge in [-0.25, -0.2) is 0 Å². The predicted octanol–water partition coefficient (Wildman–Crippen LogP) is 2.26. The van der Waals surface area contributed by atoms with Gasteiger partial charge in [0.25, 0.3) is 0 Å². The first-order valence-corrected chi connectivity index (χ1v) is 8.72. The van der Waals surface area contributed by atoms with Crippen LogP contribution in [0.4, 0.5) is 0 Å². The average Bonchev–Trinajstić information content (AvgIpc) is 2.52. The largest absolute Gasteiger partial charge is 0.462 e. The van der Waals surface area contributed by atoms with Crippen LogP contribution in [0.3, 0.4) is 0 Å². The highest BCUT2D eigenvalue weighted by molar-refractivity contribution is 5.69. The molecule has 0 bridgehead atoms. The summed E-state index contributed by atoms with van der Waals surface area (Å²) in [5.74, 6) is -0.919. The van der Waals surface area contributed by atoms with E-state index in [1.54, 1.807) is 12.2 Å². The van der Waals surface area contributed by atoms with Gasteiger partial charge in [0, 0.05) is 33.1 Å². The molecule has 7 nitrogen and oxygen atoms in total. The summed E-state index contributed by atoms with van der Waals surface area (Å²) in [5.41, 5.74) is 0. The summed E-state index contributed by atoms with van der Waals surface area (Å²) in [6.45, 7) is 3.91. The molecule has 0 saturated carbocycles. The smallest absolute Gasteiger partial charge is 0.306 e. The van der Waals surface area contributed by atoms with Crippen molar-refractivity contribution in [1.82, 2.24) is 4.90 Å². The number of esters is 3. The van der Waals surface area contributed by atoms with Gasteiger partial charge in [0.1, 0.15) is 19.3 Å². The van der Waals surface area contributed by atoms with Crippen molar-refractivity contribution < 1.29 is 28.6 Å². The van der Waals surface area contributed by atoms with E-state index in [1.807, 2.05) is 31.1 Å². The molecule has 0 N–H and O–H groups in total. The van der Waals surface area contributed by atoms with Crippen LogP contribution in [0.15, 0.2) is 24.3 Å². The maximum atomic E-state index is 12.0. The van der Waals surface area contributed by atoms with Gasteiger partial charge in [0.2, 0.25) is 0 Å². The molecule has 0 saturated heterocycles. The monoisotopic (exact) mass is 369 g/mol. The molecule has 0 rings (SSSR count). The zero-order valence-electron chi connectivity index (χ0n) is 16.2. The molecule has 148 valence electrons. The van der Waals surface area contributed by atoms with Crippen LogP contribution in [0.1, 0.15) is 39.5 Å². The maximum Gasteiger partial charge on any atom is 0.306 e. The number of rotatable bonds is 13. The topological polar surface area (TPSA) is 82.1 Å². The Morgan fingerprint density at radius 1 is 0.885 bits per heavy atom. The Hall–Kier alpha value is -2.15. The van der Waals surface area contributed by atoms with Crippen LogP contribution in [-0.4, -0.2) is 62.8 Å². The Balaban J connectivity index is 4.39. The third-order valence-electron chi connectivity index (χ3n) is 3.18. The number of nitrogens with zero attached hydrogens (tertiary/aromatic N) is 1. The normalized spacial score (nSPS) is 11.5. The van der Waals surface area contributed by atoms with Crippen LogP contribution in [0.2, 0.25) is 0 Å². The third kappa shape index (κ3) is 16.7. The van der Waals surface area contributed by atoms with Gasteiger partial charge in [0.15, 0.2) is 0 Å². The third-order valence-corrected chi connectivity index (χ3v) is 3.18. The zero-order valence-corrected chi connectivity index (χ0v) is 16.2. The number of carbonyl (C=O) groups is 3. The highest BCUT2D eigenvalue weighted by atomic mass is 16.5. The van der Waals surface area contributed by atoms with E-state index in [-0.39, 0.29) is 37.2 Å². The molecule has 0 heterocycles. The van der Waals surface area contributed by atoms with Crippen molar-refractivity contribution in [3.63, 3.8) is 0 Å². The molecule has 0 atom stereocenters. The quantitative estimate of drug-likeness (QED) is 0.280. The van der Waals surface area contributed by atoms with Gasteiger partial charge in [-0.2, -0.15) is 0 Å². The van der Waals surface area contributed by atoms with Crippen LogP contribution in [0.25, 0.3) is 0 Å². The molecular formula is C19H31NO6. The van der Waals surface area contributed by atoms with Gasteiger partial charge >= 0.3 is 17.9 Å². The standard InChI is InChI=1S/C19H31NO6/c1-16(21)24-14-7-5-10-18(11-6-8-15-25-17(2)22)26-19(23)12-9-13-20(3)4/h5-8,18H,9-15H2,1-4H3/b7-5-,8-6-. The fraction of sp³-hybridized carbons (Fsp3) is 0.632. The van der Waals surface area contributed by atoms with Crippen molar-refractivity contribution in [2.45, 2.75) is 45.6 Å². The van der Waals surface area contributed by atoms with Crippen molar-refractivity contribution in [3.8, 4) is 0 Å². The molecule has 0 unspecified atom stereocenters. The highest BCUT2D eigenvalue weighted by Gasteiger charge is 2.12. The number of ether oxygens (including phenoxy) is 3. The Labute approximate surface area is 156 Å². The second-order valence-electron chi connectivity index (χ2n) is 6.04. The minimum absolute atomic E-state index is 0.196. The molecule has 0 aromatic carbocycles. The summed E-state index contributed by atoms with van der Waals surface area (Å²) in [5, 5.41) is 0. The van der Waals surface area contributed by atoms with E-state index in [1.165, 1.54) is 13.8 Å². The minimum Gasteiger partial charge on any atom is -0.462 e. The van der Waals surface area contributed by atoms with Crippen LogP contribution in [0.5, 0.6) is 0 Å². The van der Waals surface area contributed by atoms with Crippen molar-refractivity contribution in [2.75, 3.05) is 33.9 Å². The first-order chi connectivity index (χ1) is 12.3. The van der Waals surface area contributed by atoms with Gasteiger partial charge in [-0.1, -0.05) is 24.3 Å². The van der Waals surface area contributed by atoms with Gasteiger partial charge in [-0.3, -0.25) is 14.4 Å². The molecule has 0 aromatic heterocycles. The van der Waals surface area contributed by atoms with Crippen molar-refractivity contribution in [3.05, 3.63) is 24.3 Å². The highest BCUT2D eigenvalue weighted by Crippen LogP contribution is 2.09. The van der Waals surface area contributed by atoms with Gasteiger partial charge in [-0.15, -0.1) is 0 Å². The molecular weight excluding hydrogens is 338 g/mol. The van der Waals surface area contributed by atoms with Gasteiger partial charge in [0.05, 0.1) is 0 Å². The predicted molar refractivity (Wildman–Crippen MR) is 98.4 cm³/mol. The number of carbonyl (C=O) groups excluding carboxylic acids is 3. The van der Waals surface area contributed by atoms with Crippen LogP contribution >= 0.6 is 0 Å². The molecule has 26 heavy (non-hydrogen) atoms. The lowest BCUT2D eigenvalue weighted by Gasteiger charge is -2.15. The van der Waals surface area contributed by atoms with E-state index in [2.05, 4.69) is 0 Å². The summed E-state index contributed by atoms with van der Waals surface area (Å²) < 4.78 is 15.1. The second kappa shape index (κ2) is 15.1. The summed E-state index contributed by atoms with van der Waals surface area (Å²) in [4.78, 5) is 35.4. The van der Waals surface area contributed by atoms with Crippen molar-refractivity contribution >= 4 is 17.9 Å². The molecule has 0 spiro atoms. The lowest BCUT2D eigenvalue weighted by Crippen LogP contribution is -2.19. The van der Waals surface area contributed by atoms with Crippen molar-refractivity contribution in [1.29, 1.82) is 0 Å². The lowest BCUT2D eigenvalue weighted by molar-refractivity contribution is -0.149. The van der Waals surface area contributed by atoms with Crippen molar-refractivity contribution in [2.24, 2.45) is 0 Å². The minimum atomic E-state index is -0.341. The molecule has 0 aromatic rings. The molecule has 0 radical (unpaired) electrons. The molecule has 0 aliphatic carbocycles. The van der Waals surface area contributed by atoms with E-state index in [0.29, 0.717) is 19.3 Å². The molecule has 0 fully saturated rings. The summed E-state index contributed by atoms with van der Waals surface area (Å²) in [6.07, 6.45) is 8.89. The Bertz CT molecular complexity index is 454. The second-order valence-corrected chi connectivity index (χ2v) is 6.04. The van der Waals surface area contributed by atoms with E-state index in [9.17, 15) is 14.4 Å². The lowest BCUT2D eigenvalue weighted by atomic mass is 10.1. The Morgan fingerprint density at radius 3 is 1.81 bits per heavy atom. The number of hydrogen-bond donors (Lipinski definition) is 0. The van der Waals surface area contributed by atoms with E-state index in [0.717, 1.165) is 13.0 Å². The fourth-order valence-electron chi connectivity index (χ4n) is 1.94. The summed E-state index contributed by atoms with van der Waals surface area (Å²) >= 11 is 0. The zero-order chi connectivity index (χ0) is 19.8. The molecule has 7 heteroatoms. The summed E-state index contributed by atoms with van der Waals surface area (Å²) in [7, 11) is 3.91. The maximum absolute atomic E-state index is 12.0. The Morgan fingerprint density at radius 2 is 1.38 bits per heavy atom. The van der Waals surface area contributed by atoms with Crippen LogP contribution < -0.4 is 0 Å². The van der Waals surface area contributed by atoms with E-state index >= 15 is 0 Å².